The molecular formula is C13H16O3Se. The Morgan fingerprint density at radius 2 is 1.88 bits per heavy atom. The van der Waals surface area contributed by atoms with E-state index in [1.807, 2.05) is 37.3 Å². The van der Waals surface area contributed by atoms with Gasteiger partial charge >= 0.3 is 108 Å². The Morgan fingerprint density at radius 1 is 1.24 bits per heavy atom. The van der Waals surface area contributed by atoms with Gasteiger partial charge in [0.1, 0.15) is 0 Å². The molecule has 0 radical (unpaired) electrons. The van der Waals surface area contributed by atoms with Gasteiger partial charge in [-0.3, -0.25) is 0 Å². The topological polar surface area (TPSA) is 43.4 Å². The van der Waals surface area contributed by atoms with Crippen LogP contribution in [-0.4, -0.2) is 33.3 Å². The minimum atomic E-state index is -0.697. The molecule has 0 spiro atoms. The van der Waals surface area contributed by atoms with E-state index in [0.717, 1.165) is 4.46 Å². The number of hydrogen-bond acceptors (Lipinski definition) is 3. The standard InChI is InChI=1S/C13H16O3Se/c1-3-11(12(14)13(15)16-4-2)17-10-8-6-5-7-9-10/h5-9,11H,3-4H2,1-2H3. The summed E-state index contributed by atoms with van der Waals surface area (Å²) in [6.07, 6.45) is 0.673. The molecule has 3 nitrogen and oxygen atoms in total. The molecule has 0 saturated heterocycles. The second-order valence-electron chi connectivity index (χ2n) is 3.41. The average Bonchev–Trinajstić information content (AvgIpc) is 2.36. The van der Waals surface area contributed by atoms with Crippen LogP contribution in [0.4, 0.5) is 0 Å². The van der Waals surface area contributed by atoms with Crippen molar-refractivity contribution in [1.29, 1.82) is 0 Å². The molecule has 1 atom stereocenters. The number of ketones is 1. The molecule has 0 N–H and O–H groups in total. The van der Waals surface area contributed by atoms with Crippen molar-refractivity contribution in [1.82, 2.24) is 0 Å². The molecule has 1 rings (SSSR count). The first-order chi connectivity index (χ1) is 8.19. The first kappa shape index (κ1) is 13.9. The minimum absolute atomic E-state index is 0.0140. The molecule has 0 aliphatic carbocycles. The molecular weight excluding hydrogens is 283 g/mol. The molecule has 0 amide bonds. The Kier molecular flexibility index (Phi) is 5.95. The van der Waals surface area contributed by atoms with Gasteiger partial charge in [0.2, 0.25) is 0 Å². The second-order valence-corrected chi connectivity index (χ2v) is 6.09. The number of benzene rings is 1. The number of carbonyl (C=O) groups excluding carboxylic acids is 2. The summed E-state index contributed by atoms with van der Waals surface area (Å²) in [5.74, 6) is -1.09. The third kappa shape index (κ3) is 4.33. The monoisotopic (exact) mass is 300 g/mol. The first-order valence-electron chi connectivity index (χ1n) is 5.61. The van der Waals surface area contributed by atoms with E-state index in [9.17, 15) is 9.59 Å². The van der Waals surface area contributed by atoms with E-state index < -0.39 is 11.8 Å². The molecule has 0 aliphatic heterocycles. The van der Waals surface area contributed by atoms with Crippen LogP contribution in [0.3, 0.4) is 0 Å². The van der Waals surface area contributed by atoms with Crippen LogP contribution >= 0.6 is 0 Å². The van der Waals surface area contributed by atoms with Gasteiger partial charge in [-0.2, -0.15) is 0 Å². The van der Waals surface area contributed by atoms with Crippen molar-refractivity contribution in [3.05, 3.63) is 30.3 Å². The zero-order valence-electron chi connectivity index (χ0n) is 10.0. The Bertz CT molecular complexity index is 376. The molecule has 1 aromatic carbocycles. The summed E-state index contributed by atoms with van der Waals surface area (Å²) in [5.41, 5.74) is 0. The summed E-state index contributed by atoms with van der Waals surface area (Å²) in [5, 5.41) is 0. The molecule has 0 aliphatic rings. The number of Topliss-reactive ketones (excluding diaryl/α,β-unsaturated/α-hetero) is 1. The van der Waals surface area contributed by atoms with Crippen molar-refractivity contribution in [3.63, 3.8) is 0 Å². The Morgan fingerprint density at radius 3 is 2.41 bits per heavy atom. The number of ether oxygens (including phenoxy) is 1. The zero-order chi connectivity index (χ0) is 12.7. The van der Waals surface area contributed by atoms with E-state index in [1.54, 1.807) is 6.92 Å². The van der Waals surface area contributed by atoms with Crippen LogP contribution in [0, 0.1) is 0 Å². The molecule has 17 heavy (non-hydrogen) atoms. The van der Waals surface area contributed by atoms with E-state index in [1.165, 1.54) is 0 Å². The predicted molar refractivity (Wildman–Crippen MR) is 67.5 cm³/mol. The van der Waals surface area contributed by atoms with Gasteiger partial charge in [-0.05, 0) is 0 Å². The number of carbonyl (C=O) groups is 2. The maximum absolute atomic E-state index is 11.8. The van der Waals surface area contributed by atoms with E-state index >= 15 is 0 Å². The quantitative estimate of drug-likeness (QED) is 0.452. The van der Waals surface area contributed by atoms with Crippen molar-refractivity contribution in [2.24, 2.45) is 0 Å². The summed E-state index contributed by atoms with van der Waals surface area (Å²) < 4.78 is 5.87. The normalized spacial score (nSPS) is 11.9. The van der Waals surface area contributed by atoms with Gasteiger partial charge in [0, 0.05) is 0 Å². The van der Waals surface area contributed by atoms with Crippen LogP contribution in [0.15, 0.2) is 30.3 Å². The van der Waals surface area contributed by atoms with E-state index in [-0.39, 0.29) is 26.4 Å². The molecule has 0 heterocycles. The Hall–Kier alpha value is -1.12. The number of rotatable bonds is 6. The number of esters is 1. The van der Waals surface area contributed by atoms with Crippen LogP contribution in [0.1, 0.15) is 20.3 Å². The second kappa shape index (κ2) is 7.25. The maximum atomic E-state index is 11.8. The molecule has 4 heteroatoms. The summed E-state index contributed by atoms with van der Waals surface area (Å²) in [6.45, 7) is 3.88. The third-order valence-electron chi connectivity index (χ3n) is 2.16. The fraction of sp³-hybridized carbons (Fsp3) is 0.385. The van der Waals surface area contributed by atoms with E-state index in [0.29, 0.717) is 6.42 Å². The summed E-state index contributed by atoms with van der Waals surface area (Å²) in [7, 11) is 0. The number of hydrogen-bond donors (Lipinski definition) is 0. The van der Waals surface area contributed by atoms with Crippen molar-refractivity contribution >= 4 is 31.2 Å². The fourth-order valence-corrected chi connectivity index (χ4v) is 3.44. The van der Waals surface area contributed by atoms with Crippen LogP contribution in [-0.2, 0) is 14.3 Å². The molecule has 0 bridgehead atoms. The molecule has 0 fully saturated rings. The molecule has 0 aromatic heterocycles. The van der Waals surface area contributed by atoms with E-state index in [4.69, 9.17) is 4.74 Å². The average molecular weight is 299 g/mol. The van der Waals surface area contributed by atoms with Crippen LogP contribution in [0.2, 0.25) is 4.82 Å². The first-order valence-corrected chi connectivity index (χ1v) is 7.46. The summed E-state index contributed by atoms with van der Waals surface area (Å²) in [6, 6.07) is 9.80. The molecule has 1 aromatic rings. The molecule has 92 valence electrons. The van der Waals surface area contributed by atoms with Gasteiger partial charge < -0.3 is 0 Å². The van der Waals surface area contributed by atoms with Gasteiger partial charge in [0.25, 0.3) is 0 Å². The summed E-state index contributed by atoms with van der Waals surface area (Å²) >= 11 is -0.0140. The third-order valence-corrected chi connectivity index (χ3v) is 5.05. The van der Waals surface area contributed by atoms with Crippen molar-refractivity contribution < 1.29 is 14.3 Å². The van der Waals surface area contributed by atoms with Crippen molar-refractivity contribution in [2.45, 2.75) is 25.1 Å². The molecule has 0 saturated carbocycles. The Labute approximate surface area is 108 Å². The van der Waals surface area contributed by atoms with Crippen LogP contribution in [0.5, 0.6) is 0 Å². The van der Waals surface area contributed by atoms with Gasteiger partial charge in [0.15, 0.2) is 0 Å². The Balaban J connectivity index is 2.66. The van der Waals surface area contributed by atoms with Gasteiger partial charge in [0.05, 0.1) is 0 Å². The SMILES string of the molecule is CCOC(=O)C(=O)C(CC)[Se]c1ccccc1. The van der Waals surface area contributed by atoms with Crippen LogP contribution in [0.25, 0.3) is 0 Å². The van der Waals surface area contributed by atoms with Gasteiger partial charge in [-0.25, -0.2) is 0 Å². The van der Waals surface area contributed by atoms with Crippen molar-refractivity contribution in [3.8, 4) is 0 Å². The van der Waals surface area contributed by atoms with Gasteiger partial charge in [-0.15, -0.1) is 0 Å². The predicted octanol–water partition coefficient (Wildman–Crippen LogP) is 1.35. The van der Waals surface area contributed by atoms with Crippen molar-refractivity contribution in [2.75, 3.05) is 6.61 Å². The van der Waals surface area contributed by atoms with Crippen LogP contribution < -0.4 is 4.46 Å². The zero-order valence-corrected chi connectivity index (χ0v) is 11.7. The van der Waals surface area contributed by atoms with E-state index in [2.05, 4.69) is 0 Å². The molecule has 1 unspecified atom stereocenters. The van der Waals surface area contributed by atoms with Gasteiger partial charge in [-0.1, -0.05) is 0 Å². The fourth-order valence-electron chi connectivity index (χ4n) is 1.32. The summed E-state index contributed by atoms with van der Waals surface area (Å²) in [4.78, 5) is 23.0.